The van der Waals surface area contributed by atoms with Gasteiger partial charge in [-0.1, -0.05) is 6.07 Å². The van der Waals surface area contributed by atoms with Gasteiger partial charge in [0.25, 0.3) is 5.91 Å². The van der Waals surface area contributed by atoms with Gasteiger partial charge in [-0.3, -0.25) is 15.1 Å². The van der Waals surface area contributed by atoms with E-state index in [0.717, 1.165) is 22.4 Å². The first-order valence-electron chi connectivity index (χ1n) is 11.0. The minimum absolute atomic E-state index is 0.302. The number of amides is 1. The summed E-state index contributed by atoms with van der Waals surface area (Å²) in [6.07, 6.45) is 3.44. The van der Waals surface area contributed by atoms with E-state index < -0.39 is 0 Å². The van der Waals surface area contributed by atoms with Gasteiger partial charge in [0.05, 0.1) is 19.8 Å². The number of benzene rings is 2. The Hall–Kier alpha value is -3.87. The second kappa shape index (κ2) is 11.7. The van der Waals surface area contributed by atoms with Crippen molar-refractivity contribution in [3.05, 3.63) is 83.2 Å². The van der Waals surface area contributed by atoms with Gasteiger partial charge in [0.2, 0.25) is 5.96 Å². The summed E-state index contributed by atoms with van der Waals surface area (Å²) in [4.78, 5) is 21.7. The predicted octanol–water partition coefficient (Wildman–Crippen LogP) is 4.89. The van der Waals surface area contributed by atoms with Gasteiger partial charge in [-0.05, 0) is 86.8 Å². The van der Waals surface area contributed by atoms with Crippen molar-refractivity contribution in [2.75, 3.05) is 18.5 Å². The van der Waals surface area contributed by atoms with Gasteiger partial charge in [-0.2, -0.15) is 0 Å². The number of nitrogens with zero attached hydrogens (tertiary/aromatic N) is 2. The molecule has 0 saturated heterocycles. The molecule has 0 bridgehead atoms. The quantitative estimate of drug-likeness (QED) is 0.380. The van der Waals surface area contributed by atoms with E-state index in [9.17, 15) is 4.79 Å². The van der Waals surface area contributed by atoms with Crippen molar-refractivity contribution < 1.29 is 14.3 Å². The lowest BCUT2D eigenvalue weighted by atomic mass is 10.1. The maximum Gasteiger partial charge on any atom is 0.258 e. The molecule has 33 heavy (non-hydrogen) atoms. The van der Waals surface area contributed by atoms with Crippen LogP contribution in [-0.4, -0.2) is 30.1 Å². The van der Waals surface area contributed by atoms with Crippen LogP contribution in [0.3, 0.4) is 0 Å². The van der Waals surface area contributed by atoms with Crippen molar-refractivity contribution in [2.24, 2.45) is 4.99 Å². The maximum absolute atomic E-state index is 13.1. The first kappa shape index (κ1) is 23.8. The molecule has 3 rings (SSSR count). The summed E-state index contributed by atoms with van der Waals surface area (Å²) in [7, 11) is 0. The smallest absolute Gasteiger partial charge is 0.258 e. The SMILES string of the molecule is CCOc1ccc(C(=O)NC(=NCc2ccncc2)Nc2cc(C)cc(C)c2)cc1OCC. The standard InChI is InChI=1S/C26H30N4O3/c1-5-32-23-8-7-21(16-24(23)33-6-2)25(31)30-26(28-17-20-9-11-27-12-10-20)29-22-14-18(3)13-19(4)15-22/h7-16H,5-6,17H2,1-4H3,(H2,28,29,30,31). The number of aryl methyl sites for hydroxylation is 2. The summed E-state index contributed by atoms with van der Waals surface area (Å²) in [5.41, 5.74) is 4.51. The summed E-state index contributed by atoms with van der Waals surface area (Å²) < 4.78 is 11.3. The molecular weight excluding hydrogens is 416 g/mol. The van der Waals surface area contributed by atoms with E-state index in [1.165, 1.54) is 0 Å². The van der Waals surface area contributed by atoms with E-state index in [1.807, 2.05) is 52.0 Å². The molecule has 0 atom stereocenters. The Labute approximate surface area is 194 Å². The molecular formula is C26H30N4O3. The van der Waals surface area contributed by atoms with Crippen LogP contribution < -0.4 is 20.1 Å². The molecule has 0 aliphatic heterocycles. The zero-order valence-electron chi connectivity index (χ0n) is 19.5. The third-order valence-corrected chi connectivity index (χ3v) is 4.69. The van der Waals surface area contributed by atoms with Crippen LogP contribution in [0.25, 0.3) is 0 Å². The topological polar surface area (TPSA) is 84.8 Å². The van der Waals surface area contributed by atoms with Gasteiger partial charge in [0.1, 0.15) is 0 Å². The first-order valence-corrected chi connectivity index (χ1v) is 11.0. The minimum Gasteiger partial charge on any atom is -0.490 e. The third-order valence-electron chi connectivity index (χ3n) is 4.69. The fourth-order valence-corrected chi connectivity index (χ4v) is 3.32. The second-order valence-electron chi connectivity index (χ2n) is 7.50. The van der Waals surface area contributed by atoms with Crippen LogP contribution in [0.2, 0.25) is 0 Å². The van der Waals surface area contributed by atoms with Gasteiger partial charge in [0.15, 0.2) is 11.5 Å². The van der Waals surface area contributed by atoms with E-state index in [1.54, 1.807) is 30.6 Å². The molecule has 0 aliphatic carbocycles. The van der Waals surface area contributed by atoms with Crippen LogP contribution >= 0.6 is 0 Å². The number of carbonyl (C=O) groups is 1. The van der Waals surface area contributed by atoms with Gasteiger partial charge in [0, 0.05) is 23.6 Å². The van der Waals surface area contributed by atoms with Crippen LogP contribution in [0.15, 0.2) is 65.9 Å². The summed E-state index contributed by atoms with van der Waals surface area (Å²) >= 11 is 0. The Balaban J connectivity index is 1.85. The van der Waals surface area contributed by atoms with E-state index in [0.29, 0.717) is 42.8 Å². The van der Waals surface area contributed by atoms with E-state index >= 15 is 0 Å². The van der Waals surface area contributed by atoms with Gasteiger partial charge in [-0.25, -0.2) is 4.99 Å². The lowest BCUT2D eigenvalue weighted by Crippen LogP contribution is -2.36. The lowest BCUT2D eigenvalue weighted by Gasteiger charge is -2.15. The van der Waals surface area contributed by atoms with Crippen LogP contribution in [0.1, 0.15) is 40.9 Å². The molecule has 0 saturated carbocycles. The highest BCUT2D eigenvalue weighted by Crippen LogP contribution is 2.28. The first-order chi connectivity index (χ1) is 16.0. The molecule has 3 aromatic rings. The molecule has 0 spiro atoms. The monoisotopic (exact) mass is 446 g/mol. The number of hydrogen-bond donors (Lipinski definition) is 2. The number of aromatic nitrogens is 1. The molecule has 7 nitrogen and oxygen atoms in total. The van der Waals surface area contributed by atoms with Gasteiger partial charge < -0.3 is 14.8 Å². The van der Waals surface area contributed by atoms with Crippen molar-refractivity contribution in [3.63, 3.8) is 0 Å². The van der Waals surface area contributed by atoms with Gasteiger partial charge >= 0.3 is 0 Å². The van der Waals surface area contributed by atoms with E-state index in [4.69, 9.17) is 9.47 Å². The zero-order chi connectivity index (χ0) is 23.6. The van der Waals surface area contributed by atoms with Crippen LogP contribution in [0.5, 0.6) is 11.5 Å². The number of aliphatic imine (C=N–C) groups is 1. The lowest BCUT2D eigenvalue weighted by molar-refractivity contribution is 0.0976. The Bertz CT molecular complexity index is 1090. The Morgan fingerprint density at radius 1 is 0.909 bits per heavy atom. The zero-order valence-corrected chi connectivity index (χ0v) is 19.5. The normalized spacial score (nSPS) is 11.1. The molecule has 1 aromatic heterocycles. The van der Waals surface area contributed by atoms with Crippen molar-refractivity contribution in [2.45, 2.75) is 34.2 Å². The summed E-state index contributed by atoms with van der Waals surface area (Å²) in [5.74, 6) is 1.19. The number of carbonyl (C=O) groups excluding carboxylic acids is 1. The highest BCUT2D eigenvalue weighted by Gasteiger charge is 2.14. The Morgan fingerprint density at radius 2 is 1.58 bits per heavy atom. The van der Waals surface area contributed by atoms with Crippen LogP contribution in [0, 0.1) is 13.8 Å². The predicted molar refractivity (Wildman–Crippen MR) is 131 cm³/mol. The summed E-state index contributed by atoms with van der Waals surface area (Å²) in [6.45, 7) is 9.22. The molecule has 2 N–H and O–H groups in total. The maximum atomic E-state index is 13.1. The fourth-order valence-electron chi connectivity index (χ4n) is 3.32. The summed E-state index contributed by atoms with van der Waals surface area (Å²) in [6, 6.07) is 15.0. The second-order valence-corrected chi connectivity index (χ2v) is 7.50. The Kier molecular flexibility index (Phi) is 8.41. The number of anilines is 1. The molecule has 7 heteroatoms. The molecule has 1 heterocycles. The minimum atomic E-state index is -0.302. The Morgan fingerprint density at radius 3 is 2.24 bits per heavy atom. The molecule has 172 valence electrons. The van der Waals surface area contributed by atoms with Crippen LogP contribution in [0.4, 0.5) is 5.69 Å². The van der Waals surface area contributed by atoms with E-state index in [2.05, 4.69) is 26.7 Å². The number of hydrogen-bond acceptors (Lipinski definition) is 5. The largest absolute Gasteiger partial charge is 0.490 e. The third kappa shape index (κ3) is 7.07. The summed E-state index contributed by atoms with van der Waals surface area (Å²) in [5, 5.41) is 6.15. The number of guanidine groups is 1. The molecule has 0 radical (unpaired) electrons. The molecule has 0 unspecified atom stereocenters. The van der Waals surface area contributed by atoms with E-state index in [-0.39, 0.29) is 5.91 Å². The molecule has 1 amide bonds. The van der Waals surface area contributed by atoms with Crippen molar-refractivity contribution in [1.29, 1.82) is 0 Å². The highest BCUT2D eigenvalue weighted by molar-refractivity contribution is 6.10. The number of pyridine rings is 1. The van der Waals surface area contributed by atoms with Crippen molar-refractivity contribution in [3.8, 4) is 11.5 Å². The van der Waals surface area contributed by atoms with Crippen molar-refractivity contribution in [1.82, 2.24) is 10.3 Å². The molecule has 0 aliphatic rings. The number of ether oxygens (including phenoxy) is 2. The number of nitrogens with one attached hydrogen (secondary N) is 2. The average Bonchev–Trinajstić information content (AvgIpc) is 2.79. The molecule has 2 aromatic carbocycles. The average molecular weight is 447 g/mol. The van der Waals surface area contributed by atoms with Crippen LogP contribution in [-0.2, 0) is 6.54 Å². The number of rotatable bonds is 8. The fraction of sp³-hybridized carbons (Fsp3) is 0.269. The molecule has 0 fully saturated rings. The highest BCUT2D eigenvalue weighted by atomic mass is 16.5. The van der Waals surface area contributed by atoms with Crippen molar-refractivity contribution >= 4 is 17.6 Å². The van der Waals surface area contributed by atoms with Gasteiger partial charge in [-0.15, -0.1) is 0 Å².